The molecule has 0 radical (unpaired) electrons. The summed E-state index contributed by atoms with van der Waals surface area (Å²) in [6, 6.07) is 7.72. The van der Waals surface area contributed by atoms with E-state index in [0.717, 1.165) is 18.8 Å². The fourth-order valence-electron chi connectivity index (χ4n) is 4.17. The van der Waals surface area contributed by atoms with Gasteiger partial charge < -0.3 is 15.1 Å². The molecule has 2 fully saturated rings. The van der Waals surface area contributed by atoms with Crippen LogP contribution in [0.4, 0.5) is 5.69 Å². The third-order valence-corrected chi connectivity index (χ3v) is 6.18. The molecule has 0 bridgehead atoms. The standard InChI is InChI=1S/C21H28ClN3O3/c1-20(2,3)21(17(26)14-18(27)23-21)8-7-19(28)25-11-9-24(10-12-25)16-6-4-5-15(22)13-16/h4-6,13H,7-12,14H2,1-3H3,(H,23,27). The first-order valence-corrected chi connectivity index (χ1v) is 10.1. The molecule has 1 atom stereocenters. The topological polar surface area (TPSA) is 69.7 Å². The van der Waals surface area contributed by atoms with Crippen LogP contribution >= 0.6 is 11.6 Å². The summed E-state index contributed by atoms with van der Waals surface area (Å²) in [6.45, 7) is 8.56. The van der Waals surface area contributed by atoms with Gasteiger partial charge in [-0.05, 0) is 30.0 Å². The molecular formula is C21H28ClN3O3. The Morgan fingerprint density at radius 3 is 2.39 bits per heavy atom. The van der Waals surface area contributed by atoms with Crippen molar-refractivity contribution < 1.29 is 14.4 Å². The van der Waals surface area contributed by atoms with Gasteiger partial charge in [0.15, 0.2) is 5.78 Å². The quantitative estimate of drug-likeness (QED) is 0.782. The van der Waals surface area contributed by atoms with Crippen molar-refractivity contribution >= 4 is 34.9 Å². The van der Waals surface area contributed by atoms with E-state index in [1.807, 2.05) is 49.9 Å². The molecule has 0 saturated carbocycles. The third-order valence-electron chi connectivity index (χ3n) is 5.95. The summed E-state index contributed by atoms with van der Waals surface area (Å²) in [7, 11) is 0. The molecular weight excluding hydrogens is 378 g/mol. The van der Waals surface area contributed by atoms with Crippen molar-refractivity contribution in [3.05, 3.63) is 29.3 Å². The summed E-state index contributed by atoms with van der Waals surface area (Å²) in [5.41, 5.74) is -0.338. The number of amides is 2. The second-order valence-corrected chi connectivity index (χ2v) is 9.09. The Balaban J connectivity index is 1.58. The van der Waals surface area contributed by atoms with Crippen LogP contribution in [0.15, 0.2) is 24.3 Å². The lowest BCUT2D eigenvalue weighted by molar-refractivity contribution is -0.133. The van der Waals surface area contributed by atoms with Gasteiger partial charge in [-0.3, -0.25) is 14.4 Å². The summed E-state index contributed by atoms with van der Waals surface area (Å²) in [5, 5.41) is 3.57. The van der Waals surface area contributed by atoms with Gasteiger partial charge in [-0.1, -0.05) is 38.4 Å². The van der Waals surface area contributed by atoms with E-state index in [1.165, 1.54) is 0 Å². The van der Waals surface area contributed by atoms with Crippen LogP contribution < -0.4 is 10.2 Å². The first kappa shape index (κ1) is 20.6. The maximum atomic E-state index is 12.8. The maximum absolute atomic E-state index is 12.8. The Labute approximate surface area is 171 Å². The minimum absolute atomic E-state index is 0.0309. The minimum Gasteiger partial charge on any atom is -0.368 e. The number of hydrogen-bond acceptors (Lipinski definition) is 4. The molecule has 2 heterocycles. The van der Waals surface area contributed by atoms with Crippen LogP contribution in [-0.4, -0.2) is 54.2 Å². The molecule has 0 aromatic heterocycles. The Hall–Kier alpha value is -2.08. The van der Waals surface area contributed by atoms with Crippen LogP contribution in [0.1, 0.15) is 40.0 Å². The zero-order chi connectivity index (χ0) is 20.5. The average Bonchev–Trinajstić information content (AvgIpc) is 2.94. The highest BCUT2D eigenvalue weighted by Crippen LogP contribution is 2.39. The monoisotopic (exact) mass is 405 g/mol. The van der Waals surface area contributed by atoms with Crippen LogP contribution in [0.25, 0.3) is 0 Å². The summed E-state index contributed by atoms with van der Waals surface area (Å²) < 4.78 is 0. The molecule has 1 unspecified atom stereocenters. The molecule has 0 aliphatic carbocycles. The number of carbonyl (C=O) groups is 3. The smallest absolute Gasteiger partial charge is 0.228 e. The first-order chi connectivity index (χ1) is 13.1. The van der Waals surface area contributed by atoms with E-state index in [2.05, 4.69) is 10.2 Å². The fourth-order valence-corrected chi connectivity index (χ4v) is 4.36. The molecule has 2 saturated heterocycles. The number of nitrogens with one attached hydrogen (secondary N) is 1. The van der Waals surface area contributed by atoms with Gasteiger partial charge in [0.05, 0.1) is 6.42 Å². The molecule has 2 aliphatic rings. The molecule has 1 aromatic rings. The highest BCUT2D eigenvalue weighted by Gasteiger charge is 2.53. The maximum Gasteiger partial charge on any atom is 0.228 e. The zero-order valence-corrected chi connectivity index (χ0v) is 17.5. The molecule has 1 N–H and O–H groups in total. The highest BCUT2D eigenvalue weighted by atomic mass is 35.5. The van der Waals surface area contributed by atoms with Gasteiger partial charge in [0.1, 0.15) is 5.54 Å². The number of nitrogens with zero attached hydrogens (tertiary/aromatic N) is 2. The van der Waals surface area contributed by atoms with Gasteiger partial charge in [0, 0.05) is 43.3 Å². The molecule has 2 amide bonds. The first-order valence-electron chi connectivity index (χ1n) is 9.75. The summed E-state index contributed by atoms with van der Waals surface area (Å²) in [4.78, 5) is 41.2. The van der Waals surface area contributed by atoms with Crippen molar-refractivity contribution in [2.45, 2.75) is 45.6 Å². The van der Waals surface area contributed by atoms with Crippen molar-refractivity contribution in [3.8, 4) is 0 Å². The van der Waals surface area contributed by atoms with Crippen LogP contribution in [0.5, 0.6) is 0 Å². The normalized spacial score (nSPS) is 23.1. The van der Waals surface area contributed by atoms with Gasteiger partial charge in [0.25, 0.3) is 0 Å². The molecule has 3 rings (SSSR count). The number of benzene rings is 1. The highest BCUT2D eigenvalue weighted by molar-refractivity contribution is 6.30. The molecule has 28 heavy (non-hydrogen) atoms. The number of carbonyl (C=O) groups excluding carboxylic acids is 3. The Morgan fingerprint density at radius 2 is 1.86 bits per heavy atom. The van der Waals surface area contributed by atoms with Crippen LogP contribution in [-0.2, 0) is 14.4 Å². The van der Waals surface area contributed by atoms with Gasteiger partial charge >= 0.3 is 0 Å². The van der Waals surface area contributed by atoms with E-state index in [-0.39, 0.29) is 30.4 Å². The summed E-state index contributed by atoms with van der Waals surface area (Å²) >= 11 is 6.07. The second-order valence-electron chi connectivity index (χ2n) is 8.65. The van der Waals surface area contributed by atoms with E-state index in [0.29, 0.717) is 24.5 Å². The van der Waals surface area contributed by atoms with E-state index in [4.69, 9.17) is 11.6 Å². The zero-order valence-electron chi connectivity index (χ0n) is 16.8. The molecule has 1 aromatic carbocycles. The Kier molecular flexibility index (Phi) is 5.71. The summed E-state index contributed by atoms with van der Waals surface area (Å²) in [6.07, 6.45) is 0.499. The molecule has 152 valence electrons. The number of Topliss-reactive ketones (excluding diaryl/α,β-unsaturated/α-hetero) is 1. The number of piperazine rings is 1. The van der Waals surface area contributed by atoms with Gasteiger partial charge in [-0.15, -0.1) is 0 Å². The van der Waals surface area contributed by atoms with Gasteiger partial charge in [0.2, 0.25) is 11.8 Å². The van der Waals surface area contributed by atoms with Gasteiger partial charge in [-0.25, -0.2) is 0 Å². The summed E-state index contributed by atoms with van der Waals surface area (Å²) in [5.74, 6) is -0.325. The number of anilines is 1. The van der Waals surface area contributed by atoms with Crippen molar-refractivity contribution in [2.24, 2.45) is 5.41 Å². The third kappa shape index (κ3) is 4.02. The van der Waals surface area contributed by atoms with E-state index in [1.54, 1.807) is 0 Å². The predicted octanol–water partition coefficient (Wildman–Crippen LogP) is 2.64. The van der Waals surface area contributed by atoms with E-state index >= 15 is 0 Å². The molecule has 7 heteroatoms. The molecule has 0 spiro atoms. The SMILES string of the molecule is CC(C)(C)C1(CCC(=O)N2CCN(c3cccc(Cl)c3)CC2)NC(=O)CC1=O. The van der Waals surface area contributed by atoms with Crippen molar-refractivity contribution in [1.82, 2.24) is 10.2 Å². The van der Waals surface area contributed by atoms with E-state index in [9.17, 15) is 14.4 Å². The van der Waals surface area contributed by atoms with Gasteiger partial charge in [-0.2, -0.15) is 0 Å². The lowest BCUT2D eigenvalue weighted by Gasteiger charge is -2.41. The lowest BCUT2D eigenvalue weighted by Crippen LogP contribution is -2.57. The Morgan fingerprint density at radius 1 is 1.18 bits per heavy atom. The van der Waals surface area contributed by atoms with Crippen molar-refractivity contribution in [3.63, 3.8) is 0 Å². The van der Waals surface area contributed by atoms with E-state index < -0.39 is 11.0 Å². The fraction of sp³-hybridized carbons (Fsp3) is 0.571. The average molecular weight is 406 g/mol. The number of hydrogen-bond donors (Lipinski definition) is 1. The molecule has 6 nitrogen and oxygen atoms in total. The predicted molar refractivity (Wildman–Crippen MR) is 109 cm³/mol. The number of ketones is 1. The number of rotatable bonds is 4. The van der Waals surface area contributed by atoms with Crippen molar-refractivity contribution in [1.29, 1.82) is 0 Å². The van der Waals surface area contributed by atoms with Crippen molar-refractivity contribution in [2.75, 3.05) is 31.1 Å². The number of halogens is 1. The lowest BCUT2D eigenvalue weighted by atomic mass is 9.69. The van der Waals surface area contributed by atoms with Crippen LogP contribution in [0, 0.1) is 5.41 Å². The largest absolute Gasteiger partial charge is 0.368 e. The van der Waals surface area contributed by atoms with Crippen LogP contribution in [0.2, 0.25) is 5.02 Å². The minimum atomic E-state index is -0.956. The molecule has 2 aliphatic heterocycles. The van der Waals surface area contributed by atoms with Crippen LogP contribution in [0.3, 0.4) is 0 Å². The second kappa shape index (κ2) is 7.74. The Bertz CT molecular complexity index is 781.